The van der Waals surface area contributed by atoms with Crippen molar-refractivity contribution in [2.24, 2.45) is 0 Å². The number of halogens is 1. The Kier molecular flexibility index (Phi) is 4.25. The van der Waals surface area contributed by atoms with Crippen LogP contribution in [0.15, 0.2) is 41.8 Å². The minimum Gasteiger partial charge on any atom is -0.387 e. The van der Waals surface area contributed by atoms with Crippen molar-refractivity contribution in [2.45, 2.75) is 12.6 Å². The van der Waals surface area contributed by atoms with Crippen molar-refractivity contribution >= 4 is 11.3 Å². The predicted octanol–water partition coefficient (Wildman–Crippen LogP) is 2.71. The van der Waals surface area contributed by atoms with Gasteiger partial charge in [0, 0.05) is 18.0 Å². The van der Waals surface area contributed by atoms with Gasteiger partial charge in [0.2, 0.25) is 0 Å². The van der Waals surface area contributed by atoms with Gasteiger partial charge in [-0.25, -0.2) is 4.39 Å². The Morgan fingerprint density at radius 2 is 2.18 bits per heavy atom. The van der Waals surface area contributed by atoms with Gasteiger partial charge in [-0.1, -0.05) is 18.2 Å². The van der Waals surface area contributed by atoms with E-state index in [0.29, 0.717) is 12.1 Å². The van der Waals surface area contributed by atoms with Gasteiger partial charge in [-0.15, -0.1) is 11.3 Å². The Labute approximate surface area is 104 Å². The van der Waals surface area contributed by atoms with Crippen molar-refractivity contribution in [2.75, 3.05) is 6.54 Å². The van der Waals surface area contributed by atoms with Crippen molar-refractivity contribution in [1.29, 1.82) is 0 Å². The summed E-state index contributed by atoms with van der Waals surface area (Å²) in [5, 5.41) is 15.0. The minimum atomic E-state index is -0.675. The number of aliphatic hydroxyl groups is 1. The maximum absolute atomic E-state index is 12.9. The van der Waals surface area contributed by atoms with Crippen molar-refractivity contribution < 1.29 is 9.50 Å². The molecule has 0 radical (unpaired) electrons. The normalized spacial score (nSPS) is 12.6. The van der Waals surface area contributed by atoms with Gasteiger partial charge < -0.3 is 10.4 Å². The van der Waals surface area contributed by atoms with Gasteiger partial charge in [0.1, 0.15) is 5.82 Å². The van der Waals surface area contributed by atoms with Crippen LogP contribution in [0.5, 0.6) is 0 Å². The molecule has 0 bridgehead atoms. The Hall–Kier alpha value is -1.23. The molecule has 1 unspecified atom stereocenters. The highest BCUT2D eigenvalue weighted by Gasteiger charge is 2.07. The van der Waals surface area contributed by atoms with E-state index in [1.165, 1.54) is 17.0 Å². The molecule has 0 amide bonds. The number of aliphatic hydroxyl groups excluding tert-OH is 1. The second kappa shape index (κ2) is 5.91. The zero-order valence-corrected chi connectivity index (χ0v) is 10.1. The lowest BCUT2D eigenvalue weighted by Gasteiger charge is -2.11. The topological polar surface area (TPSA) is 32.3 Å². The van der Waals surface area contributed by atoms with E-state index in [4.69, 9.17) is 0 Å². The van der Waals surface area contributed by atoms with Gasteiger partial charge in [-0.2, -0.15) is 0 Å². The molecule has 0 spiro atoms. The van der Waals surface area contributed by atoms with E-state index >= 15 is 0 Å². The summed E-state index contributed by atoms with van der Waals surface area (Å²) in [7, 11) is 0. The molecule has 1 aromatic carbocycles. The van der Waals surface area contributed by atoms with Crippen LogP contribution < -0.4 is 5.32 Å². The first kappa shape index (κ1) is 12.2. The van der Waals surface area contributed by atoms with Gasteiger partial charge in [0.25, 0.3) is 0 Å². The standard InChI is InChI=1S/C13H14FNOS/c14-11-4-1-3-10(7-11)13(16)9-15-8-12-5-2-6-17-12/h1-7,13,15-16H,8-9H2. The Morgan fingerprint density at radius 3 is 2.88 bits per heavy atom. The van der Waals surface area contributed by atoms with Crippen LogP contribution >= 0.6 is 11.3 Å². The van der Waals surface area contributed by atoms with E-state index in [2.05, 4.69) is 5.32 Å². The van der Waals surface area contributed by atoms with Gasteiger partial charge in [0.05, 0.1) is 6.10 Å². The average Bonchev–Trinajstić information content (AvgIpc) is 2.82. The maximum atomic E-state index is 12.9. The third-order valence-electron chi connectivity index (χ3n) is 2.45. The molecule has 4 heteroatoms. The summed E-state index contributed by atoms with van der Waals surface area (Å²) in [5.41, 5.74) is 0.601. The maximum Gasteiger partial charge on any atom is 0.123 e. The van der Waals surface area contributed by atoms with Gasteiger partial charge >= 0.3 is 0 Å². The lowest BCUT2D eigenvalue weighted by atomic mass is 10.1. The second-order valence-corrected chi connectivity index (χ2v) is 4.81. The largest absolute Gasteiger partial charge is 0.387 e. The van der Waals surface area contributed by atoms with E-state index in [9.17, 15) is 9.50 Å². The van der Waals surface area contributed by atoms with E-state index in [-0.39, 0.29) is 5.82 Å². The minimum absolute atomic E-state index is 0.320. The smallest absolute Gasteiger partial charge is 0.123 e. The summed E-state index contributed by atoms with van der Waals surface area (Å²) < 4.78 is 12.9. The third kappa shape index (κ3) is 3.63. The summed E-state index contributed by atoms with van der Waals surface area (Å²) in [5.74, 6) is -0.320. The Balaban J connectivity index is 1.83. The highest BCUT2D eigenvalue weighted by atomic mass is 32.1. The van der Waals surface area contributed by atoms with E-state index in [0.717, 1.165) is 6.54 Å². The molecular weight excluding hydrogens is 237 g/mol. The number of rotatable bonds is 5. The predicted molar refractivity (Wildman–Crippen MR) is 67.4 cm³/mol. The summed E-state index contributed by atoms with van der Waals surface area (Å²) in [6.07, 6.45) is -0.675. The number of thiophene rings is 1. The number of nitrogens with one attached hydrogen (secondary N) is 1. The first-order valence-corrected chi connectivity index (χ1v) is 6.30. The quantitative estimate of drug-likeness (QED) is 0.856. The van der Waals surface area contributed by atoms with E-state index < -0.39 is 6.10 Å². The van der Waals surface area contributed by atoms with Crippen LogP contribution in [0.3, 0.4) is 0 Å². The van der Waals surface area contributed by atoms with Crippen LogP contribution in [0.2, 0.25) is 0 Å². The van der Waals surface area contributed by atoms with Crippen molar-refractivity contribution in [3.63, 3.8) is 0 Å². The molecule has 0 aliphatic rings. The van der Waals surface area contributed by atoms with E-state index in [1.54, 1.807) is 23.5 Å². The first-order valence-electron chi connectivity index (χ1n) is 5.42. The zero-order chi connectivity index (χ0) is 12.1. The zero-order valence-electron chi connectivity index (χ0n) is 9.27. The fourth-order valence-corrected chi connectivity index (χ4v) is 2.25. The molecule has 0 aliphatic carbocycles. The lowest BCUT2D eigenvalue weighted by Crippen LogP contribution is -2.20. The van der Waals surface area contributed by atoms with Crippen LogP contribution in [0.25, 0.3) is 0 Å². The molecule has 0 fully saturated rings. The molecule has 0 saturated heterocycles. The number of hydrogen-bond acceptors (Lipinski definition) is 3. The highest BCUT2D eigenvalue weighted by Crippen LogP contribution is 2.13. The second-order valence-electron chi connectivity index (χ2n) is 3.78. The van der Waals surface area contributed by atoms with Crippen molar-refractivity contribution in [3.8, 4) is 0 Å². The Morgan fingerprint density at radius 1 is 1.29 bits per heavy atom. The SMILES string of the molecule is OC(CNCc1cccs1)c1cccc(F)c1. The molecule has 0 saturated carbocycles. The summed E-state index contributed by atoms with van der Waals surface area (Å²) in [6.45, 7) is 1.14. The van der Waals surface area contributed by atoms with Crippen molar-refractivity contribution in [1.82, 2.24) is 5.32 Å². The van der Waals surface area contributed by atoms with Gasteiger partial charge in [-0.3, -0.25) is 0 Å². The monoisotopic (exact) mass is 251 g/mol. The molecule has 0 aliphatic heterocycles. The molecule has 1 aromatic heterocycles. The third-order valence-corrected chi connectivity index (χ3v) is 3.33. The fraction of sp³-hybridized carbons (Fsp3) is 0.231. The summed E-state index contributed by atoms with van der Waals surface area (Å²) >= 11 is 1.67. The molecule has 1 heterocycles. The summed E-state index contributed by atoms with van der Waals surface area (Å²) in [4.78, 5) is 1.22. The van der Waals surface area contributed by atoms with Crippen LogP contribution in [0, 0.1) is 5.82 Å². The van der Waals surface area contributed by atoms with E-state index in [1.807, 2.05) is 17.5 Å². The molecule has 17 heavy (non-hydrogen) atoms. The Bertz CT molecular complexity index is 458. The number of benzene rings is 1. The highest BCUT2D eigenvalue weighted by molar-refractivity contribution is 7.09. The molecule has 2 nitrogen and oxygen atoms in total. The van der Waals surface area contributed by atoms with Crippen LogP contribution in [0.4, 0.5) is 4.39 Å². The van der Waals surface area contributed by atoms with Crippen LogP contribution in [-0.4, -0.2) is 11.7 Å². The van der Waals surface area contributed by atoms with Gasteiger partial charge in [0.15, 0.2) is 0 Å². The fourth-order valence-electron chi connectivity index (χ4n) is 1.58. The van der Waals surface area contributed by atoms with Crippen LogP contribution in [-0.2, 0) is 6.54 Å². The average molecular weight is 251 g/mol. The van der Waals surface area contributed by atoms with Crippen LogP contribution in [0.1, 0.15) is 16.5 Å². The molecular formula is C13H14FNOS. The molecule has 90 valence electrons. The van der Waals surface area contributed by atoms with Gasteiger partial charge in [-0.05, 0) is 29.1 Å². The first-order chi connectivity index (χ1) is 8.25. The lowest BCUT2D eigenvalue weighted by molar-refractivity contribution is 0.174. The van der Waals surface area contributed by atoms with Crippen molar-refractivity contribution in [3.05, 3.63) is 58.0 Å². The molecule has 2 N–H and O–H groups in total. The summed E-state index contributed by atoms with van der Waals surface area (Å²) in [6, 6.07) is 10.1. The molecule has 2 aromatic rings. The molecule has 1 atom stereocenters. The number of hydrogen-bond donors (Lipinski definition) is 2. The molecule has 2 rings (SSSR count).